The second-order valence-electron chi connectivity index (χ2n) is 7.42. The van der Waals surface area contributed by atoms with E-state index in [0.29, 0.717) is 17.2 Å². The molecule has 2 amide bonds. The Morgan fingerprint density at radius 2 is 1.65 bits per heavy atom. The number of fused-ring (bicyclic) bond motifs is 1. The van der Waals surface area contributed by atoms with Gasteiger partial charge in [0.05, 0.1) is 20.3 Å². The first-order valence-electron chi connectivity index (χ1n) is 10.0. The molecule has 31 heavy (non-hydrogen) atoms. The van der Waals surface area contributed by atoms with Crippen LogP contribution in [0, 0.1) is 6.92 Å². The van der Waals surface area contributed by atoms with Crippen molar-refractivity contribution in [1.82, 2.24) is 4.90 Å². The SMILES string of the molecule is COc1cccc(OC)c1C(=O)N1CC(=O)Nc2ccc(C)cc2C1c1ccccc1. The van der Waals surface area contributed by atoms with Crippen LogP contribution >= 0.6 is 0 Å². The lowest BCUT2D eigenvalue weighted by Crippen LogP contribution is -2.39. The molecule has 158 valence electrons. The summed E-state index contributed by atoms with van der Waals surface area (Å²) < 4.78 is 10.9. The van der Waals surface area contributed by atoms with Crippen molar-refractivity contribution in [2.24, 2.45) is 0 Å². The Hall–Kier alpha value is -3.80. The van der Waals surface area contributed by atoms with Gasteiger partial charge in [0.25, 0.3) is 5.91 Å². The number of anilines is 1. The Morgan fingerprint density at radius 3 is 2.29 bits per heavy atom. The zero-order chi connectivity index (χ0) is 22.0. The molecule has 6 nitrogen and oxygen atoms in total. The first-order valence-corrected chi connectivity index (χ1v) is 10.0. The molecule has 1 aliphatic heterocycles. The van der Waals surface area contributed by atoms with E-state index >= 15 is 0 Å². The highest BCUT2D eigenvalue weighted by Crippen LogP contribution is 2.39. The summed E-state index contributed by atoms with van der Waals surface area (Å²) in [5.41, 5.74) is 3.80. The Labute approximate surface area is 181 Å². The first-order chi connectivity index (χ1) is 15.0. The van der Waals surface area contributed by atoms with Crippen LogP contribution < -0.4 is 14.8 Å². The third-order valence-corrected chi connectivity index (χ3v) is 5.42. The van der Waals surface area contributed by atoms with Gasteiger partial charge in [0.1, 0.15) is 23.6 Å². The maximum atomic E-state index is 13.9. The van der Waals surface area contributed by atoms with Crippen molar-refractivity contribution >= 4 is 17.5 Å². The fraction of sp³-hybridized carbons (Fsp3) is 0.200. The van der Waals surface area contributed by atoms with Crippen molar-refractivity contribution < 1.29 is 19.1 Å². The van der Waals surface area contributed by atoms with Gasteiger partial charge in [-0.3, -0.25) is 9.59 Å². The maximum Gasteiger partial charge on any atom is 0.262 e. The predicted octanol–water partition coefficient (Wildman–Crippen LogP) is 4.20. The highest BCUT2D eigenvalue weighted by molar-refractivity contribution is 6.04. The molecule has 0 aliphatic carbocycles. The van der Waals surface area contributed by atoms with E-state index in [1.54, 1.807) is 23.1 Å². The van der Waals surface area contributed by atoms with Crippen LogP contribution in [0.2, 0.25) is 0 Å². The number of hydrogen-bond acceptors (Lipinski definition) is 4. The van der Waals surface area contributed by atoms with Gasteiger partial charge in [-0.05, 0) is 30.7 Å². The predicted molar refractivity (Wildman–Crippen MR) is 119 cm³/mol. The molecule has 1 aliphatic rings. The number of benzene rings is 3. The van der Waals surface area contributed by atoms with Gasteiger partial charge in [0, 0.05) is 11.3 Å². The molecule has 1 atom stereocenters. The number of ether oxygens (including phenoxy) is 2. The third-order valence-electron chi connectivity index (χ3n) is 5.42. The number of carbonyl (C=O) groups is 2. The lowest BCUT2D eigenvalue weighted by Gasteiger charge is -2.31. The molecule has 0 saturated carbocycles. The van der Waals surface area contributed by atoms with Crippen LogP contribution in [-0.4, -0.2) is 37.5 Å². The topological polar surface area (TPSA) is 67.9 Å². The van der Waals surface area contributed by atoms with Gasteiger partial charge in [-0.2, -0.15) is 0 Å². The van der Waals surface area contributed by atoms with Gasteiger partial charge in [-0.1, -0.05) is 54.1 Å². The highest BCUT2D eigenvalue weighted by atomic mass is 16.5. The average molecular weight is 416 g/mol. The fourth-order valence-electron chi connectivity index (χ4n) is 4.02. The number of aryl methyl sites for hydroxylation is 1. The second kappa shape index (κ2) is 8.52. The Balaban J connectivity index is 1.93. The minimum Gasteiger partial charge on any atom is -0.496 e. The number of amides is 2. The Bertz CT molecular complexity index is 1110. The molecule has 1 heterocycles. The van der Waals surface area contributed by atoms with Crippen molar-refractivity contribution in [2.75, 3.05) is 26.1 Å². The minimum atomic E-state index is -0.461. The number of methoxy groups -OCH3 is 2. The largest absolute Gasteiger partial charge is 0.496 e. The van der Waals surface area contributed by atoms with Crippen molar-refractivity contribution in [2.45, 2.75) is 13.0 Å². The van der Waals surface area contributed by atoms with E-state index in [0.717, 1.165) is 16.7 Å². The van der Waals surface area contributed by atoms with E-state index in [-0.39, 0.29) is 23.9 Å². The molecule has 6 heteroatoms. The Morgan fingerprint density at radius 1 is 0.968 bits per heavy atom. The molecule has 3 aromatic carbocycles. The van der Waals surface area contributed by atoms with Gasteiger partial charge >= 0.3 is 0 Å². The molecule has 3 aromatic rings. The Kier molecular flexibility index (Phi) is 5.62. The molecule has 0 bridgehead atoms. The van der Waals surface area contributed by atoms with Gasteiger partial charge in [0.15, 0.2) is 0 Å². The van der Waals surface area contributed by atoms with E-state index in [1.807, 2.05) is 55.5 Å². The van der Waals surface area contributed by atoms with Crippen LogP contribution in [0.5, 0.6) is 11.5 Å². The number of hydrogen-bond donors (Lipinski definition) is 1. The molecular formula is C25H24N2O4. The number of rotatable bonds is 4. The molecular weight excluding hydrogens is 392 g/mol. The summed E-state index contributed by atoms with van der Waals surface area (Å²) in [6.07, 6.45) is 0. The van der Waals surface area contributed by atoms with Gasteiger partial charge < -0.3 is 19.7 Å². The summed E-state index contributed by atoms with van der Waals surface area (Å²) in [6, 6.07) is 20.3. The van der Waals surface area contributed by atoms with Crippen molar-refractivity contribution in [1.29, 1.82) is 0 Å². The summed E-state index contributed by atoms with van der Waals surface area (Å²) in [4.78, 5) is 28.3. The monoisotopic (exact) mass is 416 g/mol. The quantitative estimate of drug-likeness (QED) is 0.692. The minimum absolute atomic E-state index is 0.104. The number of carbonyl (C=O) groups excluding carboxylic acids is 2. The molecule has 1 N–H and O–H groups in total. The van der Waals surface area contributed by atoms with E-state index < -0.39 is 6.04 Å². The summed E-state index contributed by atoms with van der Waals surface area (Å²) >= 11 is 0. The highest BCUT2D eigenvalue weighted by Gasteiger charge is 2.36. The average Bonchev–Trinajstić information content (AvgIpc) is 2.94. The smallest absolute Gasteiger partial charge is 0.262 e. The molecule has 0 aromatic heterocycles. The zero-order valence-corrected chi connectivity index (χ0v) is 17.7. The van der Waals surface area contributed by atoms with Gasteiger partial charge in [-0.15, -0.1) is 0 Å². The molecule has 4 rings (SSSR count). The van der Waals surface area contributed by atoms with E-state index in [2.05, 4.69) is 5.32 Å². The summed E-state index contributed by atoms with van der Waals surface area (Å²) in [5, 5.41) is 2.95. The number of nitrogens with zero attached hydrogens (tertiary/aromatic N) is 1. The molecule has 1 unspecified atom stereocenters. The van der Waals surface area contributed by atoms with Crippen molar-refractivity contribution in [3.8, 4) is 11.5 Å². The van der Waals surface area contributed by atoms with Gasteiger partial charge in [0.2, 0.25) is 5.91 Å². The molecule has 0 spiro atoms. The van der Waals surface area contributed by atoms with Crippen LogP contribution in [-0.2, 0) is 4.79 Å². The van der Waals surface area contributed by atoms with Crippen molar-refractivity contribution in [3.05, 3.63) is 89.0 Å². The van der Waals surface area contributed by atoms with Crippen LogP contribution in [0.15, 0.2) is 66.7 Å². The first kappa shape index (κ1) is 20.5. The summed E-state index contributed by atoms with van der Waals surface area (Å²) in [5.74, 6) is 0.189. The summed E-state index contributed by atoms with van der Waals surface area (Å²) in [6.45, 7) is 1.89. The van der Waals surface area contributed by atoms with E-state index in [1.165, 1.54) is 14.2 Å². The standard InChI is InChI=1S/C25H24N2O4/c1-16-12-13-19-18(14-16)24(17-8-5-4-6-9-17)27(15-22(28)26-19)25(29)23-20(30-2)10-7-11-21(23)31-3/h4-14,24H,15H2,1-3H3,(H,26,28). The second-order valence-corrected chi connectivity index (χ2v) is 7.42. The fourth-order valence-corrected chi connectivity index (χ4v) is 4.02. The van der Waals surface area contributed by atoms with Gasteiger partial charge in [-0.25, -0.2) is 0 Å². The van der Waals surface area contributed by atoms with E-state index in [9.17, 15) is 9.59 Å². The zero-order valence-electron chi connectivity index (χ0n) is 17.7. The van der Waals surface area contributed by atoms with Crippen LogP contribution in [0.3, 0.4) is 0 Å². The lowest BCUT2D eigenvalue weighted by atomic mass is 9.94. The van der Waals surface area contributed by atoms with Crippen LogP contribution in [0.1, 0.15) is 33.1 Å². The molecule has 0 fully saturated rings. The van der Waals surface area contributed by atoms with E-state index in [4.69, 9.17) is 9.47 Å². The van der Waals surface area contributed by atoms with Crippen molar-refractivity contribution in [3.63, 3.8) is 0 Å². The number of nitrogens with one attached hydrogen (secondary N) is 1. The molecule has 0 radical (unpaired) electrons. The third kappa shape index (κ3) is 3.84. The summed E-state index contributed by atoms with van der Waals surface area (Å²) in [7, 11) is 3.02. The normalized spacial score (nSPS) is 15.5. The molecule has 0 saturated heterocycles. The van der Waals surface area contributed by atoms with Crippen LogP contribution in [0.4, 0.5) is 5.69 Å². The lowest BCUT2D eigenvalue weighted by molar-refractivity contribution is -0.117. The van der Waals surface area contributed by atoms with Crippen LogP contribution in [0.25, 0.3) is 0 Å². The maximum absolute atomic E-state index is 13.9.